The molecule has 0 spiro atoms. The summed E-state index contributed by atoms with van der Waals surface area (Å²) in [6.45, 7) is 4.99. The molecule has 0 aliphatic heterocycles. The number of hydrogen-bond acceptors (Lipinski definition) is 4. The lowest BCUT2D eigenvalue weighted by molar-refractivity contribution is -0.127. The fourth-order valence-electron chi connectivity index (χ4n) is 1.91. The van der Waals surface area contributed by atoms with Crippen molar-refractivity contribution in [3.8, 4) is 0 Å². The second-order valence-corrected chi connectivity index (χ2v) is 5.19. The third-order valence-electron chi connectivity index (χ3n) is 2.70. The van der Waals surface area contributed by atoms with Crippen molar-refractivity contribution in [2.45, 2.75) is 39.3 Å². The Balaban J connectivity index is 2.02. The molecule has 0 radical (unpaired) electrons. The van der Waals surface area contributed by atoms with E-state index in [1.54, 1.807) is 12.4 Å². The summed E-state index contributed by atoms with van der Waals surface area (Å²) >= 11 is 0. The van der Waals surface area contributed by atoms with Gasteiger partial charge in [0.1, 0.15) is 17.1 Å². The molecule has 0 aromatic carbocycles. The fraction of sp³-hybridized carbons (Fsp3) is 0.429. The molecule has 0 bridgehead atoms. The number of aryl methyl sites for hydroxylation is 2. The van der Waals surface area contributed by atoms with E-state index in [1.165, 1.54) is 13.8 Å². The summed E-state index contributed by atoms with van der Waals surface area (Å²) in [5.41, 5.74) is 0.600. The van der Waals surface area contributed by atoms with Crippen LogP contribution in [0.1, 0.15) is 31.6 Å². The Morgan fingerprint density at radius 2 is 2.21 bits per heavy atom. The van der Waals surface area contributed by atoms with Crippen molar-refractivity contribution in [2.24, 2.45) is 0 Å². The summed E-state index contributed by atoms with van der Waals surface area (Å²) < 4.78 is 5.70. The van der Waals surface area contributed by atoms with E-state index in [9.17, 15) is 9.90 Å². The van der Waals surface area contributed by atoms with Gasteiger partial charge in [-0.05, 0) is 26.8 Å². The number of hydrogen-bond donors (Lipinski definition) is 2. The molecule has 0 saturated heterocycles. The highest BCUT2D eigenvalue weighted by Crippen LogP contribution is 2.22. The SMILES string of the molecule is Cc1cncc2cc(CCC(=O)NC(C)(C)O)oc12. The van der Waals surface area contributed by atoms with Crippen LogP contribution in [0, 0.1) is 6.92 Å². The number of rotatable bonds is 4. The molecule has 5 heteroatoms. The Bertz CT molecular complexity index is 596. The minimum absolute atomic E-state index is 0.206. The molecule has 0 aliphatic carbocycles. The van der Waals surface area contributed by atoms with Gasteiger partial charge < -0.3 is 14.8 Å². The van der Waals surface area contributed by atoms with Crippen molar-refractivity contribution in [1.29, 1.82) is 0 Å². The molecule has 5 nitrogen and oxygen atoms in total. The Morgan fingerprint density at radius 3 is 2.84 bits per heavy atom. The number of furan rings is 1. The van der Waals surface area contributed by atoms with Gasteiger partial charge in [-0.2, -0.15) is 0 Å². The van der Waals surface area contributed by atoms with Crippen molar-refractivity contribution in [3.05, 3.63) is 29.8 Å². The van der Waals surface area contributed by atoms with Crippen LogP contribution in [0.4, 0.5) is 0 Å². The molecule has 2 aromatic heterocycles. The van der Waals surface area contributed by atoms with E-state index in [0.717, 1.165) is 22.3 Å². The lowest BCUT2D eigenvalue weighted by Crippen LogP contribution is -2.43. The van der Waals surface area contributed by atoms with E-state index in [1.807, 2.05) is 13.0 Å². The maximum Gasteiger partial charge on any atom is 0.222 e. The first-order chi connectivity index (χ1) is 8.85. The average molecular weight is 262 g/mol. The topological polar surface area (TPSA) is 75.4 Å². The highest BCUT2D eigenvalue weighted by atomic mass is 16.3. The lowest BCUT2D eigenvalue weighted by atomic mass is 10.2. The third-order valence-corrected chi connectivity index (χ3v) is 2.70. The number of carbonyl (C=O) groups excluding carboxylic acids is 1. The maximum atomic E-state index is 11.6. The van der Waals surface area contributed by atoms with Crippen LogP contribution >= 0.6 is 0 Å². The zero-order chi connectivity index (χ0) is 14.0. The maximum absolute atomic E-state index is 11.6. The third kappa shape index (κ3) is 3.54. The molecule has 0 unspecified atom stereocenters. The van der Waals surface area contributed by atoms with Gasteiger partial charge >= 0.3 is 0 Å². The molecule has 1 amide bonds. The molecule has 0 aliphatic rings. The van der Waals surface area contributed by atoms with Crippen molar-refractivity contribution in [3.63, 3.8) is 0 Å². The van der Waals surface area contributed by atoms with Crippen LogP contribution in [0.25, 0.3) is 11.0 Å². The minimum Gasteiger partial charge on any atom is -0.461 e. The van der Waals surface area contributed by atoms with Crippen molar-refractivity contribution in [2.75, 3.05) is 0 Å². The van der Waals surface area contributed by atoms with Gasteiger partial charge in [-0.1, -0.05) is 0 Å². The quantitative estimate of drug-likeness (QED) is 0.825. The monoisotopic (exact) mass is 262 g/mol. The van der Waals surface area contributed by atoms with Crippen LogP contribution < -0.4 is 5.32 Å². The number of aliphatic hydroxyl groups is 1. The number of aromatic nitrogens is 1. The molecule has 2 N–H and O–H groups in total. The van der Waals surface area contributed by atoms with E-state index in [0.29, 0.717) is 6.42 Å². The molecule has 0 atom stereocenters. The van der Waals surface area contributed by atoms with Gasteiger partial charge in [-0.3, -0.25) is 9.78 Å². The Kier molecular flexibility index (Phi) is 3.57. The van der Waals surface area contributed by atoms with E-state index < -0.39 is 5.72 Å². The van der Waals surface area contributed by atoms with Gasteiger partial charge in [0.25, 0.3) is 0 Å². The second kappa shape index (κ2) is 5.01. The number of fused-ring (bicyclic) bond motifs is 1. The molecule has 2 rings (SSSR count). The summed E-state index contributed by atoms with van der Waals surface area (Å²) in [7, 11) is 0. The predicted octanol–water partition coefficient (Wildman–Crippen LogP) is 1.91. The molecular formula is C14H18N2O3. The molecular weight excluding hydrogens is 244 g/mol. The van der Waals surface area contributed by atoms with Crippen LogP contribution in [-0.4, -0.2) is 21.7 Å². The highest BCUT2D eigenvalue weighted by molar-refractivity contribution is 5.80. The number of pyridine rings is 1. The van der Waals surface area contributed by atoms with Gasteiger partial charge in [0, 0.05) is 36.2 Å². The van der Waals surface area contributed by atoms with Crippen molar-refractivity contribution < 1.29 is 14.3 Å². The summed E-state index contributed by atoms with van der Waals surface area (Å²) in [5.74, 6) is 0.541. The smallest absolute Gasteiger partial charge is 0.222 e. The van der Waals surface area contributed by atoms with Crippen LogP contribution in [0.15, 0.2) is 22.9 Å². The summed E-state index contributed by atoms with van der Waals surface area (Å²) in [4.78, 5) is 15.7. The first kappa shape index (κ1) is 13.5. The van der Waals surface area contributed by atoms with Gasteiger partial charge in [0.15, 0.2) is 0 Å². The number of carbonyl (C=O) groups is 1. The van der Waals surface area contributed by atoms with Crippen LogP contribution in [0.2, 0.25) is 0 Å². The lowest BCUT2D eigenvalue weighted by Gasteiger charge is -2.18. The first-order valence-corrected chi connectivity index (χ1v) is 6.21. The number of nitrogens with one attached hydrogen (secondary N) is 1. The van der Waals surface area contributed by atoms with Crippen LogP contribution in [-0.2, 0) is 11.2 Å². The number of amides is 1. The molecule has 2 heterocycles. The van der Waals surface area contributed by atoms with Crippen molar-refractivity contribution in [1.82, 2.24) is 10.3 Å². The second-order valence-electron chi connectivity index (χ2n) is 5.19. The average Bonchev–Trinajstić information content (AvgIpc) is 2.68. The van der Waals surface area contributed by atoms with E-state index in [4.69, 9.17) is 4.42 Å². The highest BCUT2D eigenvalue weighted by Gasteiger charge is 2.16. The van der Waals surface area contributed by atoms with Gasteiger partial charge in [-0.15, -0.1) is 0 Å². The van der Waals surface area contributed by atoms with Gasteiger partial charge in [0.2, 0.25) is 5.91 Å². The minimum atomic E-state index is -1.19. The Labute approximate surface area is 111 Å². The normalized spacial score (nSPS) is 11.8. The zero-order valence-corrected chi connectivity index (χ0v) is 11.4. The van der Waals surface area contributed by atoms with Gasteiger partial charge in [-0.25, -0.2) is 0 Å². The fourth-order valence-corrected chi connectivity index (χ4v) is 1.91. The predicted molar refractivity (Wildman–Crippen MR) is 71.5 cm³/mol. The summed E-state index contributed by atoms with van der Waals surface area (Å²) in [5, 5.41) is 12.9. The molecule has 102 valence electrons. The largest absolute Gasteiger partial charge is 0.461 e. The standard InChI is InChI=1S/C14H18N2O3/c1-9-7-15-8-10-6-11(19-13(9)10)4-5-12(17)16-14(2,3)18/h6-8,18H,4-5H2,1-3H3,(H,16,17). The Morgan fingerprint density at radius 1 is 1.47 bits per heavy atom. The van der Waals surface area contributed by atoms with E-state index in [-0.39, 0.29) is 12.3 Å². The molecule has 19 heavy (non-hydrogen) atoms. The van der Waals surface area contributed by atoms with Gasteiger partial charge in [0.05, 0.1) is 0 Å². The Hall–Kier alpha value is -1.88. The first-order valence-electron chi connectivity index (χ1n) is 6.21. The molecule has 0 fully saturated rings. The van der Waals surface area contributed by atoms with Crippen molar-refractivity contribution >= 4 is 16.9 Å². The molecule has 0 saturated carbocycles. The number of nitrogens with zero attached hydrogens (tertiary/aromatic N) is 1. The van der Waals surface area contributed by atoms with Crippen LogP contribution in [0.3, 0.4) is 0 Å². The van der Waals surface area contributed by atoms with E-state index >= 15 is 0 Å². The molecule has 2 aromatic rings. The zero-order valence-electron chi connectivity index (χ0n) is 11.4. The summed E-state index contributed by atoms with van der Waals surface area (Å²) in [6, 6.07) is 1.90. The van der Waals surface area contributed by atoms with E-state index in [2.05, 4.69) is 10.3 Å². The van der Waals surface area contributed by atoms with Crippen LogP contribution in [0.5, 0.6) is 0 Å². The summed E-state index contributed by atoms with van der Waals surface area (Å²) in [6.07, 6.45) is 4.26.